The maximum atomic E-state index is 12.4. The van der Waals surface area contributed by atoms with Crippen LogP contribution in [0.1, 0.15) is 39.2 Å². The summed E-state index contributed by atoms with van der Waals surface area (Å²) in [5.41, 5.74) is 2.60. The highest BCUT2D eigenvalue weighted by Gasteiger charge is 2.20. The SMILES string of the molecule is CC(C)(C)OC(=O)Cn1c(SCCCC(Cl)Cc2ccccc2)nc2ccccc21. The second-order valence-corrected chi connectivity index (χ2v) is 10.0. The van der Waals surface area contributed by atoms with Crippen LogP contribution in [0.2, 0.25) is 0 Å². The second kappa shape index (κ2) is 10.4. The van der Waals surface area contributed by atoms with Crippen molar-refractivity contribution in [2.45, 2.75) is 62.7 Å². The summed E-state index contributed by atoms with van der Waals surface area (Å²) in [4.78, 5) is 17.1. The number of hydrogen-bond acceptors (Lipinski definition) is 4. The van der Waals surface area contributed by atoms with E-state index in [-0.39, 0.29) is 17.9 Å². The third-order valence-corrected chi connectivity index (χ3v) is 5.95. The number of nitrogens with zero attached hydrogens (tertiary/aromatic N) is 2. The molecule has 3 rings (SSSR count). The van der Waals surface area contributed by atoms with Gasteiger partial charge in [-0.3, -0.25) is 4.79 Å². The Labute approximate surface area is 188 Å². The van der Waals surface area contributed by atoms with Crippen molar-refractivity contribution < 1.29 is 9.53 Å². The molecule has 2 aromatic carbocycles. The number of esters is 1. The topological polar surface area (TPSA) is 44.1 Å². The lowest BCUT2D eigenvalue weighted by Gasteiger charge is -2.20. The summed E-state index contributed by atoms with van der Waals surface area (Å²) < 4.78 is 7.47. The standard InChI is InChI=1S/C24H29ClN2O2S/c1-24(2,3)29-22(28)17-27-21-14-8-7-13-20(21)26-23(27)30-15-9-12-19(25)16-18-10-5-4-6-11-18/h4-8,10-11,13-14,19H,9,12,15-17H2,1-3H3. The molecule has 4 nitrogen and oxygen atoms in total. The van der Waals surface area contributed by atoms with Gasteiger partial charge in [-0.25, -0.2) is 4.98 Å². The molecule has 0 saturated heterocycles. The first-order chi connectivity index (χ1) is 14.3. The minimum Gasteiger partial charge on any atom is -0.459 e. The molecule has 0 spiro atoms. The molecule has 0 bridgehead atoms. The zero-order valence-electron chi connectivity index (χ0n) is 17.8. The number of alkyl halides is 1. The van der Waals surface area contributed by atoms with E-state index in [2.05, 4.69) is 12.1 Å². The van der Waals surface area contributed by atoms with E-state index in [1.54, 1.807) is 11.8 Å². The number of para-hydroxylation sites is 2. The highest BCUT2D eigenvalue weighted by atomic mass is 35.5. The number of ether oxygens (including phenoxy) is 1. The average molecular weight is 445 g/mol. The molecule has 0 aliphatic rings. The monoisotopic (exact) mass is 444 g/mol. The first-order valence-corrected chi connectivity index (χ1v) is 11.7. The largest absolute Gasteiger partial charge is 0.459 e. The highest BCUT2D eigenvalue weighted by molar-refractivity contribution is 7.99. The van der Waals surface area contributed by atoms with Crippen LogP contribution in [-0.2, 0) is 22.5 Å². The average Bonchev–Trinajstić information content (AvgIpc) is 3.02. The number of aromatic nitrogens is 2. The number of fused-ring (bicyclic) bond motifs is 1. The molecule has 0 saturated carbocycles. The van der Waals surface area contributed by atoms with Crippen molar-refractivity contribution in [1.82, 2.24) is 9.55 Å². The summed E-state index contributed by atoms with van der Waals surface area (Å²) in [6.45, 7) is 5.80. The van der Waals surface area contributed by atoms with Crippen molar-refractivity contribution in [3.05, 3.63) is 60.2 Å². The Morgan fingerprint density at radius 1 is 1.13 bits per heavy atom. The summed E-state index contributed by atoms with van der Waals surface area (Å²) in [6, 6.07) is 18.2. The number of benzene rings is 2. The van der Waals surface area contributed by atoms with Crippen molar-refractivity contribution in [3.8, 4) is 0 Å². The Morgan fingerprint density at radius 2 is 1.83 bits per heavy atom. The zero-order chi connectivity index (χ0) is 21.6. The van der Waals surface area contributed by atoms with Crippen molar-refractivity contribution in [1.29, 1.82) is 0 Å². The van der Waals surface area contributed by atoms with Gasteiger partial charge < -0.3 is 9.30 Å². The third-order valence-electron chi connectivity index (χ3n) is 4.52. The van der Waals surface area contributed by atoms with Crippen LogP contribution in [0.3, 0.4) is 0 Å². The Balaban J connectivity index is 1.59. The molecule has 1 unspecified atom stereocenters. The van der Waals surface area contributed by atoms with Gasteiger partial charge in [0.15, 0.2) is 5.16 Å². The highest BCUT2D eigenvalue weighted by Crippen LogP contribution is 2.26. The molecule has 1 heterocycles. The number of imidazole rings is 1. The lowest BCUT2D eigenvalue weighted by atomic mass is 10.1. The first kappa shape index (κ1) is 22.7. The van der Waals surface area contributed by atoms with Gasteiger partial charge in [0.2, 0.25) is 0 Å². The number of thioether (sulfide) groups is 1. The maximum absolute atomic E-state index is 12.4. The van der Waals surface area contributed by atoms with Crippen LogP contribution in [0.4, 0.5) is 0 Å². The summed E-state index contributed by atoms with van der Waals surface area (Å²) >= 11 is 8.20. The van der Waals surface area contributed by atoms with Gasteiger partial charge in [0.05, 0.1) is 11.0 Å². The van der Waals surface area contributed by atoms with E-state index in [1.807, 2.05) is 67.8 Å². The second-order valence-electron chi connectivity index (χ2n) is 8.33. The van der Waals surface area contributed by atoms with Crippen LogP contribution in [0.5, 0.6) is 0 Å². The quantitative estimate of drug-likeness (QED) is 0.173. The zero-order valence-corrected chi connectivity index (χ0v) is 19.4. The van der Waals surface area contributed by atoms with Crippen LogP contribution in [-0.4, -0.2) is 32.3 Å². The third kappa shape index (κ3) is 6.78. The van der Waals surface area contributed by atoms with Crippen molar-refractivity contribution in [2.24, 2.45) is 0 Å². The lowest BCUT2D eigenvalue weighted by molar-refractivity contribution is -0.155. The van der Waals surface area contributed by atoms with Gasteiger partial charge in [0.1, 0.15) is 12.1 Å². The molecule has 30 heavy (non-hydrogen) atoms. The minimum absolute atomic E-state index is 0.119. The van der Waals surface area contributed by atoms with Gasteiger partial charge >= 0.3 is 5.97 Å². The molecule has 160 valence electrons. The van der Waals surface area contributed by atoms with Crippen LogP contribution >= 0.6 is 23.4 Å². The number of carbonyl (C=O) groups excluding carboxylic acids is 1. The summed E-state index contributed by atoms with van der Waals surface area (Å²) in [6.07, 6.45) is 2.81. The van der Waals surface area contributed by atoms with E-state index < -0.39 is 5.60 Å². The lowest BCUT2D eigenvalue weighted by Crippen LogP contribution is -2.26. The summed E-state index contributed by atoms with van der Waals surface area (Å²) in [5.74, 6) is 0.645. The number of halogens is 1. The molecule has 1 atom stereocenters. The first-order valence-electron chi connectivity index (χ1n) is 10.3. The Kier molecular flexibility index (Phi) is 7.84. The van der Waals surface area contributed by atoms with Gasteiger partial charge in [-0.15, -0.1) is 11.6 Å². The molecular weight excluding hydrogens is 416 g/mol. The normalized spacial score (nSPS) is 12.8. The molecule has 0 aliphatic heterocycles. The van der Waals surface area contributed by atoms with E-state index >= 15 is 0 Å². The van der Waals surface area contributed by atoms with Gasteiger partial charge in [-0.05, 0) is 57.7 Å². The molecule has 6 heteroatoms. The number of rotatable bonds is 9. The predicted molar refractivity (Wildman–Crippen MR) is 125 cm³/mol. The van der Waals surface area contributed by atoms with E-state index in [0.717, 1.165) is 41.2 Å². The van der Waals surface area contributed by atoms with Crippen LogP contribution in [0, 0.1) is 0 Å². The van der Waals surface area contributed by atoms with Crippen LogP contribution in [0.15, 0.2) is 59.8 Å². The molecule has 0 amide bonds. The number of carbonyl (C=O) groups is 1. The molecule has 0 N–H and O–H groups in total. The van der Waals surface area contributed by atoms with Crippen LogP contribution in [0.25, 0.3) is 11.0 Å². The van der Waals surface area contributed by atoms with Gasteiger partial charge in [-0.2, -0.15) is 0 Å². The van der Waals surface area contributed by atoms with E-state index in [9.17, 15) is 4.79 Å². The summed E-state index contributed by atoms with van der Waals surface area (Å²) in [5, 5.41) is 0.963. The van der Waals surface area contributed by atoms with Gasteiger partial charge in [0.25, 0.3) is 0 Å². The van der Waals surface area contributed by atoms with Crippen molar-refractivity contribution >= 4 is 40.4 Å². The fourth-order valence-corrected chi connectivity index (χ4v) is 4.57. The van der Waals surface area contributed by atoms with Crippen LogP contribution < -0.4 is 0 Å². The Hall–Kier alpha value is -1.98. The predicted octanol–water partition coefficient (Wildman–Crippen LogP) is 6.10. The molecule has 0 fully saturated rings. The fourth-order valence-electron chi connectivity index (χ4n) is 3.26. The Morgan fingerprint density at radius 3 is 2.57 bits per heavy atom. The molecule has 1 aromatic heterocycles. The minimum atomic E-state index is -0.505. The van der Waals surface area contributed by atoms with E-state index in [1.165, 1.54) is 5.56 Å². The van der Waals surface area contributed by atoms with Gasteiger partial charge in [0, 0.05) is 11.1 Å². The smallest absolute Gasteiger partial charge is 0.326 e. The van der Waals surface area contributed by atoms with E-state index in [0.29, 0.717) is 0 Å². The molecular formula is C24H29ClN2O2S. The maximum Gasteiger partial charge on any atom is 0.326 e. The van der Waals surface area contributed by atoms with Crippen molar-refractivity contribution in [3.63, 3.8) is 0 Å². The summed E-state index contributed by atoms with van der Waals surface area (Å²) in [7, 11) is 0. The van der Waals surface area contributed by atoms with Crippen molar-refractivity contribution in [2.75, 3.05) is 5.75 Å². The molecule has 0 aliphatic carbocycles. The fraction of sp³-hybridized carbons (Fsp3) is 0.417. The van der Waals surface area contributed by atoms with E-state index in [4.69, 9.17) is 21.3 Å². The molecule has 0 radical (unpaired) electrons. The molecule has 3 aromatic rings. The number of hydrogen-bond donors (Lipinski definition) is 0. The Bertz CT molecular complexity index is 966. The van der Waals surface area contributed by atoms with Gasteiger partial charge in [-0.1, -0.05) is 54.2 Å².